The summed E-state index contributed by atoms with van der Waals surface area (Å²) in [4.78, 5) is 0. The molecule has 1 rings (SSSR count). The second-order valence-corrected chi connectivity index (χ2v) is 4.78. The lowest BCUT2D eigenvalue weighted by Crippen LogP contribution is -2.40. The maximum absolute atomic E-state index is 5.62. The quantitative estimate of drug-likeness (QED) is 0.595. The summed E-state index contributed by atoms with van der Waals surface area (Å²) >= 11 is 0. The van der Waals surface area contributed by atoms with E-state index in [1.54, 1.807) is 0 Å². The molecule has 0 aromatic rings. The third-order valence-electron chi connectivity index (χ3n) is 3.49. The summed E-state index contributed by atoms with van der Waals surface area (Å²) in [5.74, 6) is 0.832. The van der Waals surface area contributed by atoms with Crippen LogP contribution >= 0.6 is 0 Å². The van der Waals surface area contributed by atoms with Gasteiger partial charge < -0.3 is 10.1 Å². The summed E-state index contributed by atoms with van der Waals surface area (Å²) in [6, 6.07) is 0.569. The molecule has 1 aliphatic rings. The zero-order chi connectivity index (χ0) is 11.1. The van der Waals surface area contributed by atoms with Crippen LogP contribution in [0.2, 0.25) is 0 Å². The van der Waals surface area contributed by atoms with Crippen LogP contribution in [0.3, 0.4) is 0 Å². The van der Waals surface area contributed by atoms with Crippen molar-refractivity contribution in [1.29, 1.82) is 0 Å². The van der Waals surface area contributed by atoms with E-state index in [-0.39, 0.29) is 0 Å². The molecule has 0 saturated heterocycles. The highest BCUT2D eigenvalue weighted by molar-refractivity contribution is 4.89. The second kappa shape index (κ2) is 7.24. The topological polar surface area (TPSA) is 21.3 Å². The molecule has 1 fully saturated rings. The van der Waals surface area contributed by atoms with Crippen LogP contribution in [-0.2, 0) is 4.74 Å². The van der Waals surface area contributed by atoms with E-state index in [9.17, 15) is 0 Å². The van der Waals surface area contributed by atoms with Gasteiger partial charge in [-0.15, -0.1) is 0 Å². The van der Waals surface area contributed by atoms with Crippen LogP contribution < -0.4 is 5.32 Å². The zero-order valence-electron chi connectivity index (χ0n) is 10.6. The van der Waals surface area contributed by atoms with E-state index in [1.165, 1.54) is 44.9 Å². The van der Waals surface area contributed by atoms with Crippen molar-refractivity contribution in [3.8, 4) is 0 Å². The Kier molecular flexibility index (Phi) is 6.26. The predicted molar refractivity (Wildman–Crippen MR) is 65.1 cm³/mol. The van der Waals surface area contributed by atoms with Crippen LogP contribution in [0.15, 0.2) is 0 Å². The van der Waals surface area contributed by atoms with Crippen molar-refractivity contribution < 1.29 is 4.74 Å². The lowest BCUT2D eigenvalue weighted by molar-refractivity contribution is 0.0499. The Balaban J connectivity index is 2.20. The summed E-state index contributed by atoms with van der Waals surface area (Å²) in [5.41, 5.74) is 0. The van der Waals surface area contributed by atoms with Crippen molar-refractivity contribution in [3.05, 3.63) is 0 Å². The molecule has 2 nitrogen and oxygen atoms in total. The Bertz CT molecular complexity index is 157. The van der Waals surface area contributed by atoms with Gasteiger partial charge in [-0.25, -0.2) is 0 Å². The lowest BCUT2D eigenvalue weighted by Gasteiger charge is -2.25. The summed E-state index contributed by atoms with van der Waals surface area (Å²) in [6.45, 7) is 2.26. The van der Waals surface area contributed by atoms with Crippen LogP contribution in [0, 0.1) is 5.92 Å². The van der Waals surface area contributed by atoms with Crippen LogP contribution in [0.4, 0.5) is 0 Å². The molecule has 1 aliphatic carbocycles. The smallest absolute Gasteiger partial charge is 0.0752 e. The first kappa shape index (κ1) is 13.0. The second-order valence-electron chi connectivity index (χ2n) is 4.78. The maximum atomic E-state index is 5.62. The summed E-state index contributed by atoms with van der Waals surface area (Å²) in [7, 11) is 3.93. The minimum atomic E-state index is 0.455. The number of nitrogens with one attached hydrogen (secondary N) is 1. The summed E-state index contributed by atoms with van der Waals surface area (Å²) in [5, 5.41) is 3.43. The molecule has 0 aromatic carbocycles. The van der Waals surface area contributed by atoms with Gasteiger partial charge in [0.15, 0.2) is 0 Å². The standard InChI is InChI=1S/C13H27NO/c1-4-5-6-7-8-12(14-2)13(15-3)11-9-10-11/h11-14H,4-10H2,1-3H3. The van der Waals surface area contributed by atoms with Gasteiger partial charge in [0.1, 0.15) is 0 Å². The first-order chi connectivity index (χ1) is 7.33. The van der Waals surface area contributed by atoms with Gasteiger partial charge in [0, 0.05) is 13.2 Å². The molecular weight excluding hydrogens is 186 g/mol. The Morgan fingerprint density at radius 1 is 1.27 bits per heavy atom. The van der Waals surface area contributed by atoms with Gasteiger partial charge in [-0.05, 0) is 32.2 Å². The molecule has 0 amide bonds. The number of rotatable bonds is 9. The van der Waals surface area contributed by atoms with E-state index in [0.29, 0.717) is 12.1 Å². The Morgan fingerprint density at radius 3 is 2.47 bits per heavy atom. The van der Waals surface area contributed by atoms with E-state index >= 15 is 0 Å². The lowest BCUT2D eigenvalue weighted by atomic mass is 9.99. The molecule has 0 heterocycles. The highest BCUT2D eigenvalue weighted by atomic mass is 16.5. The fourth-order valence-electron chi connectivity index (χ4n) is 2.37. The average molecular weight is 213 g/mol. The summed E-state index contributed by atoms with van der Waals surface area (Å²) < 4.78 is 5.62. The van der Waals surface area contributed by atoms with Gasteiger partial charge in [0.25, 0.3) is 0 Å². The van der Waals surface area contributed by atoms with Crippen LogP contribution in [-0.4, -0.2) is 26.3 Å². The number of likely N-dealkylation sites (N-methyl/N-ethyl adjacent to an activating group) is 1. The van der Waals surface area contributed by atoms with Crippen LogP contribution in [0.1, 0.15) is 51.9 Å². The molecule has 90 valence electrons. The molecule has 2 heteroatoms. The molecule has 1 N–H and O–H groups in total. The molecule has 2 unspecified atom stereocenters. The van der Waals surface area contributed by atoms with Crippen LogP contribution in [0.25, 0.3) is 0 Å². The van der Waals surface area contributed by atoms with Crippen LogP contribution in [0.5, 0.6) is 0 Å². The van der Waals surface area contributed by atoms with E-state index in [2.05, 4.69) is 19.3 Å². The van der Waals surface area contributed by atoms with Crippen molar-refractivity contribution in [1.82, 2.24) is 5.32 Å². The van der Waals surface area contributed by atoms with Gasteiger partial charge in [0.2, 0.25) is 0 Å². The average Bonchev–Trinajstić information content (AvgIpc) is 3.06. The van der Waals surface area contributed by atoms with Gasteiger partial charge in [0.05, 0.1) is 6.10 Å². The van der Waals surface area contributed by atoms with Crippen molar-refractivity contribution >= 4 is 0 Å². The summed E-state index contributed by atoms with van der Waals surface area (Å²) in [6.07, 6.45) is 9.86. The van der Waals surface area contributed by atoms with E-state index in [0.717, 1.165) is 5.92 Å². The highest BCUT2D eigenvalue weighted by Gasteiger charge is 2.35. The van der Waals surface area contributed by atoms with Gasteiger partial charge >= 0.3 is 0 Å². The molecule has 0 aliphatic heterocycles. The highest BCUT2D eigenvalue weighted by Crippen LogP contribution is 2.36. The van der Waals surface area contributed by atoms with Crippen molar-refractivity contribution in [2.45, 2.75) is 64.0 Å². The van der Waals surface area contributed by atoms with Gasteiger partial charge in [-0.2, -0.15) is 0 Å². The minimum absolute atomic E-state index is 0.455. The van der Waals surface area contributed by atoms with E-state index in [1.807, 2.05) is 7.11 Å². The number of methoxy groups -OCH3 is 1. The molecule has 15 heavy (non-hydrogen) atoms. The number of unbranched alkanes of at least 4 members (excludes halogenated alkanes) is 3. The van der Waals surface area contributed by atoms with Crippen molar-refractivity contribution in [2.75, 3.05) is 14.2 Å². The maximum Gasteiger partial charge on any atom is 0.0752 e. The Labute approximate surface area is 94.8 Å². The Hall–Kier alpha value is -0.0800. The first-order valence-electron chi connectivity index (χ1n) is 6.53. The minimum Gasteiger partial charge on any atom is -0.380 e. The third kappa shape index (κ3) is 4.52. The fraction of sp³-hybridized carbons (Fsp3) is 1.00. The Morgan fingerprint density at radius 2 is 2.00 bits per heavy atom. The number of hydrogen-bond donors (Lipinski definition) is 1. The number of hydrogen-bond acceptors (Lipinski definition) is 2. The monoisotopic (exact) mass is 213 g/mol. The van der Waals surface area contributed by atoms with Gasteiger partial charge in [-0.1, -0.05) is 32.6 Å². The predicted octanol–water partition coefficient (Wildman–Crippen LogP) is 2.97. The third-order valence-corrected chi connectivity index (χ3v) is 3.49. The van der Waals surface area contributed by atoms with Crippen molar-refractivity contribution in [3.63, 3.8) is 0 Å². The molecule has 2 atom stereocenters. The molecule has 0 spiro atoms. The molecule has 1 saturated carbocycles. The van der Waals surface area contributed by atoms with E-state index < -0.39 is 0 Å². The normalized spacial score (nSPS) is 20.2. The zero-order valence-corrected chi connectivity index (χ0v) is 10.6. The van der Waals surface area contributed by atoms with Crippen molar-refractivity contribution in [2.24, 2.45) is 5.92 Å². The molecule has 0 radical (unpaired) electrons. The SMILES string of the molecule is CCCCCCC(NC)C(OC)C1CC1. The first-order valence-corrected chi connectivity index (χ1v) is 6.53. The molecular formula is C13H27NO. The number of ether oxygens (including phenoxy) is 1. The fourth-order valence-corrected chi connectivity index (χ4v) is 2.37. The van der Waals surface area contributed by atoms with E-state index in [4.69, 9.17) is 4.74 Å². The molecule has 0 aromatic heterocycles. The van der Waals surface area contributed by atoms with Gasteiger partial charge in [-0.3, -0.25) is 0 Å². The molecule has 0 bridgehead atoms. The largest absolute Gasteiger partial charge is 0.380 e.